The standard InChI is InChI=1S/C9H4ClF3N4S2/c10-6-2-1-5(19-6)4-3-18-8-15-14-7(9(11,12)13)17(8)16-4/h1-2H,3H2. The number of aromatic nitrogens is 3. The van der Waals surface area contributed by atoms with Gasteiger partial charge in [-0.1, -0.05) is 23.4 Å². The molecule has 0 fully saturated rings. The number of alkyl halides is 3. The second-order valence-electron chi connectivity index (χ2n) is 3.55. The first kappa shape index (κ1) is 12.9. The highest BCUT2D eigenvalue weighted by molar-refractivity contribution is 7.99. The molecule has 0 aliphatic carbocycles. The molecule has 0 unspecified atom stereocenters. The topological polar surface area (TPSA) is 43.1 Å². The zero-order chi connectivity index (χ0) is 13.6. The molecule has 0 saturated carbocycles. The average Bonchev–Trinajstić information content (AvgIpc) is 2.92. The first-order chi connectivity index (χ1) is 8.95. The SMILES string of the molecule is FC(F)(F)c1nnc2n1N=C(c1ccc(Cl)s1)CS2. The summed E-state index contributed by atoms with van der Waals surface area (Å²) in [4.78, 5) is 0.741. The Morgan fingerprint density at radius 2 is 2.05 bits per heavy atom. The normalized spacial score (nSPS) is 15.3. The zero-order valence-electron chi connectivity index (χ0n) is 8.98. The highest BCUT2D eigenvalue weighted by Crippen LogP contribution is 2.33. The maximum atomic E-state index is 12.7. The van der Waals surface area contributed by atoms with Gasteiger partial charge in [0.2, 0.25) is 5.16 Å². The van der Waals surface area contributed by atoms with E-state index in [1.807, 2.05) is 0 Å². The van der Waals surface area contributed by atoms with Crippen molar-refractivity contribution in [3.8, 4) is 0 Å². The van der Waals surface area contributed by atoms with Crippen LogP contribution in [-0.2, 0) is 6.18 Å². The van der Waals surface area contributed by atoms with E-state index in [2.05, 4.69) is 15.3 Å². The summed E-state index contributed by atoms with van der Waals surface area (Å²) in [6.07, 6.45) is -4.58. The second-order valence-corrected chi connectivity index (χ2v) is 6.21. The smallest absolute Gasteiger partial charge is 0.182 e. The third-order valence-electron chi connectivity index (χ3n) is 2.28. The van der Waals surface area contributed by atoms with E-state index in [1.165, 1.54) is 11.3 Å². The molecule has 2 aromatic rings. The molecule has 0 amide bonds. The highest BCUT2D eigenvalue weighted by atomic mass is 35.5. The van der Waals surface area contributed by atoms with Gasteiger partial charge < -0.3 is 0 Å². The molecule has 0 bridgehead atoms. The number of thiophene rings is 1. The van der Waals surface area contributed by atoms with Crippen LogP contribution < -0.4 is 0 Å². The average molecular weight is 325 g/mol. The molecule has 0 spiro atoms. The van der Waals surface area contributed by atoms with Gasteiger partial charge in [0.15, 0.2) is 0 Å². The summed E-state index contributed by atoms with van der Waals surface area (Å²) in [6.45, 7) is 0. The molecule has 1 aliphatic rings. The summed E-state index contributed by atoms with van der Waals surface area (Å²) in [5.74, 6) is -0.679. The lowest BCUT2D eigenvalue weighted by Gasteiger charge is -2.13. The van der Waals surface area contributed by atoms with Crippen molar-refractivity contribution in [1.82, 2.24) is 14.9 Å². The van der Waals surface area contributed by atoms with Crippen LogP contribution in [0.5, 0.6) is 0 Å². The Kier molecular flexibility index (Phi) is 3.06. The van der Waals surface area contributed by atoms with Crippen LogP contribution in [0.4, 0.5) is 13.2 Å². The van der Waals surface area contributed by atoms with Crippen molar-refractivity contribution in [2.75, 3.05) is 5.75 Å². The molecule has 1 aliphatic heterocycles. The lowest BCUT2D eigenvalue weighted by Crippen LogP contribution is -2.18. The van der Waals surface area contributed by atoms with Crippen molar-refractivity contribution in [1.29, 1.82) is 0 Å². The number of hydrogen-bond acceptors (Lipinski definition) is 5. The predicted molar refractivity (Wildman–Crippen MR) is 67.0 cm³/mol. The number of rotatable bonds is 1. The van der Waals surface area contributed by atoms with Gasteiger partial charge in [0.1, 0.15) is 0 Å². The minimum Gasteiger partial charge on any atom is -0.182 e. The molecule has 0 atom stereocenters. The maximum absolute atomic E-state index is 12.7. The van der Waals surface area contributed by atoms with Gasteiger partial charge in [-0.25, -0.2) is 0 Å². The Hall–Kier alpha value is -1.06. The number of hydrogen-bond donors (Lipinski definition) is 0. The van der Waals surface area contributed by atoms with Crippen molar-refractivity contribution < 1.29 is 13.2 Å². The summed E-state index contributed by atoms with van der Waals surface area (Å²) < 4.78 is 39.5. The van der Waals surface area contributed by atoms with Gasteiger partial charge in [0.25, 0.3) is 5.82 Å². The predicted octanol–water partition coefficient (Wildman–Crippen LogP) is 3.37. The van der Waals surface area contributed by atoms with E-state index in [-0.39, 0.29) is 5.16 Å². The van der Waals surface area contributed by atoms with E-state index in [0.29, 0.717) is 15.8 Å². The Balaban J connectivity index is 2.07. The molecule has 10 heteroatoms. The summed E-state index contributed by atoms with van der Waals surface area (Å²) in [6, 6.07) is 3.41. The molecular weight excluding hydrogens is 321 g/mol. The third kappa shape index (κ3) is 2.37. The molecule has 3 heterocycles. The van der Waals surface area contributed by atoms with E-state index in [4.69, 9.17) is 11.6 Å². The number of halogens is 4. The summed E-state index contributed by atoms with van der Waals surface area (Å²) in [5, 5.41) is 10.7. The van der Waals surface area contributed by atoms with E-state index in [9.17, 15) is 13.2 Å². The molecular formula is C9H4ClF3N4S2. The second kappa shape index (κ2) is 4.50. The van der Waals surface area contributed by atoms with Crippen LogP contribution >= 0.6 is 34.7 Å². The van der Waals surface area contributed by atoms with Gasteiger partial charge in [-0.3, -0.25) is 0 Å². The monoisotopic (exact) mass is 324 g/mol. The van der Waals surface area contributed by atoms with Gasteiger partial charge in [0.05, 0.1) is 14.9 Å². The zero-order valence-corrected chi connectivity index (χ0v) is 11.4. The Bertz CT molecular complexity index is 661. The highest BCUT2D eigenvalue weighted by Gasteiger charge is 2.40. The molecule has 19 heavy (non-hydrogen) atoms. The number of thioether (sulfide) groups is 1. The molecule has 0 N–H and O–H groups in total. The Morgan fingerprint density at radius 1 is 1.26 bits per heavy atom. The third-order valence-corrected chi connectivity index (χ3v) is 4.49. The lowest BCUT2D eigenvalue weighted by molar-refractivity contribution is -0.147. The van der Waals surface area contributed by atoms with E-state index >= 15 is 0 Å². The summed E-state index contributed by atoms with van der Waals surface area (Å²) in [5.41, 5.74) is 0.528. The van der Waals surface area contributed by atoms with Crippen LogP contribution in [0.15, 0.2) is 22.4 Å². The maximum Gasteiger partial charge on any atom is 0.453 e. The molecule has 3 rings (SSSR count). The van der Waals surface area contributed by atoms with Crippen LogP contribution in [0, 0.1) is 0 Å². The fourth-order valence-corrected chi connectivity index (χ4v) is 3.44. The van der Waals surface area contributed by atoms with E-state index in [0.717, 1.165) is 21.3 Å². The van der Waals surface area contributed by atoms with Crippen molar-refractivity contribution in [3.05, 3.63) is 27.2 Å². The van der Waals surface area contributed by atoms with Gasteiger partial charge in [-0.2, -0.15) is 22.9 Å². The molecule has 0 saturated heterocycles. The van der Waals surface area contributed by atoms with Crippen molar-refractivity contribution in [3.63, 3.8) is 0 Å². The van der Waals surface area contributed by atoms with Crippen LogP contribution in [0.3, 0.4) is 0 Å². The van der Waals surface area contributed by atoms with Crippen molar-refractivity contribution in [2.24, 2.45) is 5.10 Å². The van der Waals surface area contributed by atoms with Crippen molar-refractivity contribution in [2.45, 2.75) is 11.3 Å². The largest absolute Gasteiger partial charge is 0.453 e. The van der Waals surface area contributed by atoms with Gasteiger partial charge in [-0.15, -0.1) is 21.5 Å². The molecule has 0 aromatic carbocycles. The number of nitrogens with zero attached hydrogens (tertiary/aromatic N) is 4. The molecule has 100 valence electrons. The number of fused-ring (bicyclic) bond motifs is 1. The Morgan fingerprint density at radius 3 is 2.68 bits per heavy atom. The van der Waals surface area contributed by atoms with Gasteiger partial charge in [-0.05, 0) is 12.1 Å². The van der Waals surface area contributed by atoms with Gasteiger partial charge >= 0.3 is 6.18 Å². The fraction of sp³-hybridized carbons (Fsp3) is 0.222. The Labute approximate surface area is 118 Å². The van der Waals surface area contributed by atoms with Crippen LogP contribution in [0.2, 0.25) is 4.34 Å². The quantitative estimate of drug-likeness (QED) is 0.807. The summed E-state index contributed by atoms with van der Waals surface area (Å²) >= 11 is 8.24. The van der Waals surface area contributed by atoms with Gasteiger partial charge in [0, 0.05) is 5.75 Å². The summed E-state index contributed by atoms with van der Waals surface area (Å²) in [7, 11) is 0. The van der Waals surface area contributed by atoms with Crippen LogP contribution in [0.25, 0.3) is 0 Å². The van der Waals surface area contributed by atoms with E-state index in [1.54, 1.807) is 12.1 Å². The molecule has 2 aromatic heterocycles. The van der Waals surface area contributed by atoms with Crippen LogP contribution in [0.1, 0.15) is 10.7 Å². The molecule has 4 nitrogen and oxygen atoms in total. The first-order valence-electron chi connectivity index (χ1n) is 4.94. The van der Waals surface area contributed by atoms with E-state index < -0.39 is 12.0 Å². The lowest BCUT2D eigenvalue weighted by atomic mass is 10.3. The first-order valence-corrected chi connectivity index (χ1v) is 7.12. The van der Waals surface area contributed by atoms with Crippen LogP contribution in [-0.4, -0.2) is 26.3 Å². The minimum absolute atomic E-state index is 0.138. The fourth-order valence-electron chi connectivity index (χ4n) is 1.49. The minimum atomic E-state index is -4.58. The van der Waals surface area contributed by atoms with Crippen molar-refractivity contribution >= 4 is 40.4 Å². The molecule has 0 radical (unpaired) electrons.